The summed E-state index contributed by atoms with van der Waals surface area (Å²) in [6, 6.07) is 30.2. The molecule has 0 fully saturated rings. The second-order valence-electron chi connectivity index (χ2n) is 10.8. The highest BCUT2D eigenvalue weighted by atomic mass is 28.3. The fraction of sp³-hybridized carbons (Fsp3) is 0.357. The van der Waals surface area contributed by atoms with Crippen LogP contribution >= 0.6 is 0 Å². The van der Waals surface area contributed by atoms with E-state index in [9.17, 15) is 0 Å². The van der Waals surface area contributed by atoms with Gasteiger partial charge < -0.3 is 8.85 Å². The Balaban J connectivity index is 1.62. The zero-order chi connectivity index (χ0) is 23.2. The lowest BCUT2D eigenvalue weighted by Gasteiger charge is -2.30. The van der Waals surface area contributed by atoms with Gasteiger partial charge >= 0.3 is 0 Å². The summed E-state index contributed by atoms with van der Waals surface area (Å²) in [5.41, 5.74) is 2.44. The molecule has 0 spiro atoms. The van der Waals surface area contributed by atoms with Gasteiger partial charge in [0, 0.05) is 0 Å². The van der Waals surface area contributed by atoms with E-state index in [1.54, 1.807) is 0 Å². The molecule has 3 aromatic rings. The molecule has 3 rings (SSSR count). The molecule has 0 aliphatic carbocycles. The Bertz CT molecular complexity index is 862. The maximum atomic E-state index is 6.53. The van der Waals surface area contributed by atoms with Crippen LogP contribution in [0.5, 0.6) is 0 Å². The van der Waals surface area contributed by atoms with E-state index in [-0.39, 0.29) is 10.1 Å². The summed E-state index contributed by atoms with van der Waals surface area (Å²) in [6.07, 6.45) is 0. The summed E-state index contributed by atoms with van der Waals surface area (Å²) in [5, 5.41) is 3.06. The molecule has 32 heavy (non-hydrogen) atoms. The van der Waals surface area contributed by atoms with Gasteiger partial charge in [-0.25, -0.2) is 0 Å². The summed E-state index contributed by atoms with van der Waals surface area (Å²) < 4.78 is 13.1. The first-order chi connectivity index (χ1) is 15.1. The van der Waals surface area contributed by atoms with Gasteiger partial charge in [-0.3, -0.25) is 0 Å². The number of rotatable bonds is 8. The van der Waals surface area contributed by atoms with Crippen LogP contribution < -0.4 is 10.4 Å². The van der Waals surface area contributed by atoms with Crippen molar-refractivity contribution >= 4 is 28.5 Å². The van der Waals surface area contributed by atoms with Gasteiger partial charge in [-0.05, 0) is 31.6 Å². The highest BCUT2D eigenvalue weighted by molar-refractivity contribution is 6.70. The molecule has 0 aliphatic rings. The molecular weight excluding hydrogens is 424 g/mol. The molecule has 0 N–H and O–H groups in total. The minimum absolute atomic E-state index is 0.166. The number of hydrogen-bond acceptors (Lipinski definition) is 2. The van der Waals surface area contributed by atoms with E-state index in [1.807, 2.05) is 0 Å². The molecule has 0 aliphatic heterocycles. The lowest BCUT2D eigenvalue weighted by Crippen LogP contribution is -2.41. The third-order valence-electron chi connectivity index (χ3n) is 5.63. The molecule has 0 saturated carbocycles. The molecule has 0 heterocycles. The van der Waals surface area contributed by atoms with Crippen LogP contribution in [-0.4, -0.2) is 18.1 Å². The second-order valence-corrected chi connectivity index (χ2v) is 17.7. The van der Waals surface area contributed by atoms with Crippen LogP contribution in [0, 0.1) is 0 Å². The quantitative estimate of drug-likeness (QED) is 0.407. The minimum Gasteiger partial charge on any atom is -0.411 e. The van der Waals surface area contributed by atoms with Gasteiger partial charge in [-0.15, -0.1) is 0 Å². The van der Waals surface area contributed by atoms with Crippen molar-refractivity contribution in [2.45, 2.75) is 64.8 Å². The molecule has 170 valence electrons. The first-order valence-electron chi connectivity index (χ1n) is 11.6. The van der Waals surface area contributed by atoms with E-state index < -0.39 is 18.1 Å². The molecule has 0 saturated heterocycles. The van der Waals surface area contributed by atoms with Gasteiger partial charge in [0.25, 0.3) is 0 Å². The van der Waals surface area contributed by atoms with Crippen molar-refractivity contribution in [3.63, 3.8) is 0 Å². The van der Waals surface area contributed by atoms with Crippen LogP contribution in [0.4, 0.5) is 0 Å². The predicted molar refractivity (Wildman–Crippen MR) is 142 cm³/mol. The Labute approximate surface area is 198 Å². The van der Waals surface area contributed by atoms with Gasteiger partial charge in [0.1, 0.15) is 0 Å². The first kappa shape index (κ1) is 24.7. The van der Waals surface area contributed by atoms with Crippen molar-refractivity contribution in [2.24, 2.45) is 0 Å². The maximum Gasteiger partial charge on any atom is 0.214 e. The van der Waals surface area contributed by atoms with Gasteiger partial charge in [0.05, 0.1) is 13.2 Å². The van der Waals surface area contributed by atoms with Gasteiger partial charge in [0.15, 0.2) is 0 Å². The van der Waals surface area contributed by atoms with Crippen LogP contribution in [0.3, 0.4) is 0 Å². The highest BCUT2D eigenvalue weighted by Gasteiger charge is 2.30. The van der Waals surface area contributed by atoms with E-state index in [4.69, 9.17) is 8.85 Å². The van der Waals surface area contributed by atoms with Crippen LogP contribution in [0.25, 0.3) is 0 Å². The Hall–Kier alpha value is -1.99. The normalized spacial score (nSPS) is 14.2. The van der Waals surface area contributed by atoms with E-state index in [2.05, 4.69) is 126 Å². The van der Waals surface area contributed by atoms with Crippen LogP contribution in [0.15, 0.2) is 84.9 Å². The monoisotopic (exact) mass is 462 g/mol. The molecule has 0 radical (unpaired) electrons. The SMILES string of the molecule is CC(C)(C)[Si@H](OCc1ccc(CO[Si@H](c2ccccc2)C(C)(C)C)cc1)c1ccccc1. The average Bonchev–Trinajstić information content (AvgIpc) is 2.75. The van der Waals surface area contributed by atoms with Crippen LogP contribution in [-0.2, 0) is 22.1 Å². The summed E-state index contributed by atoms with van der Waals surface area (Å²) in [6.45, 7) is 15.1. The Morgan fingerprint density at radius 2 is 0.812 bits per heavy atom. The maximum absolute atomic E-state index is 6.53. The Morgan fingerprint density at radius 1 is 0.500 bits per heavy atom. The van der Waals surface area contributed by atoms with Gasteiger partial charge in [-0.1, -0.05) is 126 Å². The Kier molecular flexibility index (Phi) is 8.28. The van der Waals surface area contributed by atoms with Crippen LogP contribution in [0.1, 0.15) is 52.7 Å². The second kappa shape index (κ2) is 10.8. The van der Waals surface area contributed by atoms with Crippen molar-refractivity contribution in [1.29, 1.82) is 0 Å². The topological polar surface area (TPSA) is 18.5 Å². The van der Waals surface area contributed by atoms with Crippen molar-refractivity contribution in [3.8, 4) is 0 Å². The molecule has 0 aromatic heterocycles. The number of hydrogen-bond donors (Lipinski definition) is 0. The summed E-state index contributed by atoms with van der Waals surface area (Å²) in [4.78, 5) is 0. The van der Waals surface area contributed by atoms with Gasteiger partial charge in [-0.2, -0.15) is 0 Å². The molecule has 0 amide bonds. The van der Waals surface area contributed by atoms with E-state index >= 15 is 0 Å². The molecule has 4 heteroatoms. The van der Waals surface area contributed by atoms with Gasteiger partial charge in [0.2, 0.25) is 18.1 Å². The largest absolute Gasteiger partial charge is 0.411 e. The average molecular weight is 463 g/mol. The predicted octanol–water partition coefficient (Wildman–Crippen LogP) is 5.58. The van der Waals surface area contributed by atoms with Crippen molar-refractivity contribution in [1.82, 2.24) is 0 Å². The third-order valence-corrected chi connectivity index (χ3v) is 11.8. The lowest BCUT2D eigenvalue weighted by atomic mass is 10.1. The molecule has 3 aromatic carbocycles. The molecule has 2 atom stereocenters. The highest BCUT2D eigenvalue weighted by Crippen LogP contribution is 2.29. The lowest BCUT2D eigenvalue weighted by molar-refractivity contribution is 0.295. The Morgan fingerprint density at radius 3 is 1.09 bits per heavy atom. The fourth-order valence-electron chi connectivity index (χ4n) is 4.04. The summed E-state index contributed by atoms with van der Waals surface area (Å²) in [5.74, 6) is 0. The molecular formula is C28H38O2Si2. The summed E-state index contributed by atoms with van der Waals surface area (Å²) in [7, 11) is -3.13. The van der Waals surface area contributed by atoms with Crippen LogP contribution in [0.2, 0.25) is 10.1 Å². The third kappa shape index (κ3) is 7.01. The standard InChI is InChI=1S/C28H38O2Si2/c1-27(2,3)31(25-13-9-7-10-14-25)29-21-23-17-19-24(20-18-23)22-30-32(28(4,5)6)26-15-11-8-12-16-26/h7-20,31-32H,21-22H2,1-6H3/t31-,32-/m1/s1. The molecule has 2 nitrogen and oxygen atoms in total. The van der Waals surface area contributed by atoms with E-state index in [0.717, 1.165) is 0 Å². The minimum atomic E-state index is -1.56. The molecule has 0 unspecified atom stereocenters. The van der Waals surface area contributed by atoms with Crippen molar-refractivity contribution < 1.29 is 8.85 Å². The summed E-state index contributed by atoms with van der Waals surface area (Å²) >= 11 is 0. The molecule has 0 bridgehead atoms. The fourth-order valence-corrected chi connectivity index (χ4v) is 9.29. The zero-order valence-electron chi connectivity index (χ0n) is 20.5. The first-order valence-corrected chi connectivity index (χ1v) is 14.8. The number of benzene rings is 3. The van der Waals surface area contributed by atoms with Crippen molar-refractivity contribution in [3.05, 3.63) is 96.1 Å². The van der Waals surface area contributed by atoms with Crippen molar-refractivity contribution in [2.75, 3.05) is 0 Å². The zero-order valence-corrected chi connectivity index (χ0v) is 22.8. The smallest absolute Gasteiger partial charge is 0.214 e. The van der Waals surface area contributed by atoms with E-state index in [1.165, 1.54) is 21.5 Å². The van der Waals surface area contributed by atoms with E-state index in [0.29, 0.717) is 13.2 Å².